The molecule has 118 valence electrons. The highest BCUT2D eigenvalue weighted by Crippen LogP contribution is 2.28. The Bertz CT molecular complexity index is 411. The summed E-state index contributed by atoms with van der Waals surface area (Å²) in [6, 6.07) is 2.57. The zero-order valence-electron chi connectivity index (χ0n) is 13.6. The summed E-state index contributed by atoms with van der Waals surface area (Å²) in [4.78, 5) is 17.1. The number of piperazine rings is 1. The first-order valence-electron chi connectivity index (χ1n) is 8.15. The van der Waals surface area contributed by atoms with Crippen LogP contribution in [-0.2, 0) is 4.79 Å². The van der Waals surface area contributed by atoms with E-state index in [1.807, 2.05) is 6.92 Å². The highest BCUT2D eigenvalue weighted by molar-refractivity contribution is 5.82. The number of nitrogens with one attached hydrogen (secondary N) is 1. The minimum atomic E-state index is -0.626. The topological polar surface area (TPSA) is 59.4 Å². The Labute approximate surface area is 128 Å². The Morgan fingerprint density at radius 3 is 2.57 bits per heavy atom. The fourth-order valence-corrected chi connectivity index (χ4v) is 3.64. The lowest BCUT2D eigenvalue weighted by Gasteiger charge is -2.42. The van der Waals surface area contributed by atoms with E-state index in [2.05, 4.69) is 35.2 Å². The van der Waals surface area contributed by atoms with Gasteiger partial charge >= 0.3 is 0 Å². The molecule has 0 bridgehead atoms. The number of carbonyl (C=O) groups is 1. The fourth-order valence-electron chi connectivity index (χ4n) is 3.64. The highest BCUT2D eigenvalue weighted by atomic mass is 16.2. The first kappa shape index (κ1) is 16.3. The largest absolute Gasteiger partial charge is 0.336 e. The molecular formula is C16H28N4O. The van der Waals surface area contributed by atoms with Crippen molar-refractivity contribution in [3.63, 3.8) is 0 Å². The molecule has 0 aromatic heterocycles. The van der Waals surface area contributed by atoms with Gasteiger partial charge in [0.2, 0.25) is 5.91 Å². The lowest BCUT2D eigenvalue weighted by molar-refractivity contribution is -0.129. The van der Waals surface area contributed by atoms with E-state index in [1.54, 1.807) is 0 Å². The van der Waals surface area contributed by atoms with Crippen molar-refractivity contribution < 1.29 is 4.79 Å². The number of hydrogen-bond donors (Lipinski definition) is 1. The molecule has 1 aliphatic heterocycles. The maximum absolute atomic E-state index is 12.6. The van der Waals surface area contributed by atoms with Gasteiger partial charge in [-0.2, -0.15) is 5.26 Å². The van der Waals surface area contributed by atoms with Crippen LogP contribution in [0.25, 0.3) is 0 Å². The maximum atomic E-state index is 12.6. The Morgan fingerprint density at radius 2 is 2.00 bits per heavy atom. The molecule has 2 atom stereocenters. The van der Waals surface area contributed by atoms with Gasteiger partial charge < -0.3 is 10.2 Å². The molecule has 2 fully saturated rings. The Balaban J connectivity index is 1.97. The van der Waals surface area contributed by atoms with Crippen LogP contribution >= 0.6 is 0 Å². The molecule has 21 heavy (non-hydrogen) atoms. The first-order valence-corrected chi connectivity index (χ1v) is 8.15. The normalized spacial score (nSPS) is 28.6. The number of nitrogens with zero attached hydrogens (tertiary/aromatic N) is 3. The summed E-state index contributed by atoms with van der Waals surface area (Å²) in [7, 11) is 2.12. The number of nitriles is 1. The van der Waals surface area contributed by atoms with Gasteiger partial charge in [0.1, 0.15) is 5.54 Å². The predicted octanol–water partition coefficient (Wildman–Crippen LogP) is 1.35. The second kappa shape index (κ2) is 6.76. The number of likely N-dealkylation sites (N-methyl/N-ethyl adjacent to an activating group) is 1. The molecule has 5 nitrogen and oxygen atoms in total. The third-order valence-corrected chi connectivity index (χ3v) is 5.04. The summed E-state index contributed by atoms with van der Waals surface area (Å²) < 4.78 is 0. The SMILES string of the molecule is CC1CN(C)CCN1C(C)C(=O)NC1(C#N)CCCCC1. The molecule has 1 amide bonds. The Kier molecular flexibility index (Phi) is 5.23. The van der Waals surface area contributed by atoms with Crippen LogP contribution in [0.4, 0.5) is 0 Å². The lowest BCUT2D eigenvalue weighted by Crippen LogP contribution is -2.60. The van der Waals surface area contributed by atoms with Gasteiger partial charge in [-0.15, -0.1) is 0 Å². The summed E-state index contributed by atoms with van der Waals surface area (Å²) in [6.07, 6.45) is 4.82. The van der Waals surface area contributed by atoms with Crippen molar-refractivity contribution in [2.24, 2.45) is 0 Å². The molecular weight excluding hydrogens is 264 g/mol. The summed E-state index contributed by atoms with van der Waals surface area (Å²) in [5.41, 5.74) is -0.626. The molecule has 0 spiro atoms. The van der Waals surface area contributed by atoms with Crippen LogP contribution in [-0.4, -0.2) is 60.0 Å². The van der Waals surface area contributed by atoms with Crippen LogP contribution in [0, 0.1) is 11.3 Å². The van der Waals surface area contributed by atoms with Crippen LogP contribution < -0.4 is 5.32 Å². The quantitative estimate of drug-likeness (QED) is 0.853. The van der Waals surface area contributed by atoms with Crippen molar-refractivity contribution in [3.05, 3.63) is 0 Å². The maximum Gasteiger partial charge on any atom is 0.238 e. The van der Waals surface area contributed by atoms with Crippen molar-refractivity contribution in [3.8, 4) is 6.07 Å². The predicted molar refractivity (Wildman–Crippen MR) is 82.7 cm³/mol. The van der Waals surface area contributed by atoms with Crippen molar-refractivity contribution >= 4 is 5.91 Å². The molecule has 0 aromatic carbocycles. The zero-order chi connectivity index (χ0) is 15.5. The molecule has 2 rings (SSSR count). The summed E-state index contributed by atoms with van der Waals surface area (Å²) in [6.45, 7) is 7.02. The third kappa shape index (κ3) is 3.75. The summed E-state index contributed by atoms with van der Waals surface area (Å²) >= 11 is 0. The van der Waals surface area contributed by atoms with E-state index in [1.165, 1.54) is 6.42 Å². The molecule has 1 heterocycles. The number of rotatable bonds is 3. The third-order valence-electron chi connectivity index (χ3n) is 5.04. The molecule has 0 radical (unpaired) electrons. The van der Waals surface area contributed by atoms with Gasteiger partial charge in [-0.05, 0) is 33.7 Å². The lowest BCUT2D eigenvalue weighted by atomic mass is 9.82. The van der Waals surface area contributed by atoms with Crippen LogP contribution in [0.1, 0.15) is 46.0 Å². The number of hydrogen-bond acceptors (Lipinski definition) is 4. The van der Waals surface area contributed by atoms with E-state index < -0.39 is 5.54 Å². The average Bonchev–Trinajstić information content (AvgIpc) is 2.47. The molecule has 1 N–H and O–H groups in total. The molecule has 1 saturated carbocycles. The van der Waals surface area contributed by atoms with Crippen LogP contribution in [0.3, 0.4) is 0 Å². The van der Waals surface area contributed by atoms with E-state index in [-0.39, 0.29) is 11.9 Å². The van der Waals surface area contributed by atoms with E-state index in [4.69, 9.17) is 0 Å². The minimum Gasteiger partial charge on any atom is -0.336 e. The van der Waals surface area contributed by atoms with Gasteiger partial charge in [0.15, 0.2) is 0 Å². The number of amides is 1. The molecule has 2 aliphatic rings. The molecule has 1 saturated heterocycles. The average molecular weight is 292 g/mol. The number of carbonyl (C=O) groups excluding carboxylic acids is 1. The van der Waals surface area contributed by atoms with Crippen molar-refractivity contribution in [1.82, 2.24) is 15.1 Å². The molecule has 2 unspecified atom stereocenters. The van der Waals surface area contributed by atoms with Gasteiger partial charge in [0.25, 0.3) is 0 Å². The molecule has 0 aromatic rings. The Hall–Kier alpha value is -1.12. The molecule has 1 aliphatic carbocycles. The first-order chi connectivity index (χ1) is 9.97. The van der Waals surface area contributed by atoms with Crippen LogP contribution in [0.2, 0.25) is 0 Å². The summed E-state index contributed by atoms with van der Waals surface area (Å²) in [5, 5.41) is 12.5. The molecule has 5 heteroatoms. The smallest absolute Gasteiger partial charge is 0.238 e. The minimum absolute atomic E-state index is 0.00912. The van der Waals surface area contributed by atoms with Crippen molar-refractivity contribution in [2.75, 3.05) is 26.7 Å². The van der Waals surface area contributed by atoms with Gasteiger partial charge in [0.05, 0.1) is 12.1 Å². The van der Waals surface area contributed by atoms with Gasteiger partial charge in [-0.3, -0.25) is 9.69 Å². The second-order valence-electron chi connectivity index (χ2n) is 6.77. The van der Waals surface area contributed by atoms with E-state index >= 15 is 0 Å². The summed E-state index contributed by atoms with van der Waals surface area (Å²) in [5.74, 6) is 0.00912. The Morgan fingerprint density at radius 1 is 1.33 bits per heavy atom. The van der Waals surface area contributed by atoms with Crippen molar-refractivity contribution in [2.45, 2.75) is 63.6 Å². The van der Waals surface area contributed by atoms with E-state index in [9.17, 15) is 10.1 Å². The van der Waals surface area contributed by atoms with Gasteiger partial charge in [0, 0.05) is 25.7 Å². The second-order valence-corrected chi connectivity index (χ2v) is 6.77. The van der Waals surface area contributed by atoms with Crippen molar-refractivity contribution in [1.29, 1.82) is 5.26 Å². The van der Waals surface area contributed by atoms with Crippen LogP contribution in [0.15, 0.2) is 0 Å². The van der Waals surface area contributed by atoms with Gasteiger partial charge in [-0.1, -0.05) is 19.3 Å². The van der Waals surface area contributed by atoms with Gasteiger partial charge in [-0.25, -0.2) is 0 Å². The van der Waals surface area contributed by atoms with E-state index in [0.717, 1.165) is 45.3 Å². The highest BCUT2D eigenvalue weighted by Gasteiger charge is 2.37. The fraction of sp³-hybridized carbons (Fsp3) is 0.875. The zero-order valence-corrected chi connectivity index (χ0v) is 13.6. The monoisotopic (exact) mass is 292 g/mol. The van der Waals surface area contributed by atoms with E-state index in [0.29, 0.717) is 6.04 Å². The van der Waals surface area contributed by atoms with Crippen LogP contribution in [0.5, 0.6) is 0 Å². The standard InChI is InChI=1S/C16H28N4O/c1-13-11-19(3)9-10-20(13)14(2)15(21)18-16(12-17)7-5-4-6-8-16/h13-14H,4-11H2,1-3H3,(H,18,21).